The normalized spacial score (nSPS) is 17.7. The van der Waals surface area contributed by atoms with E-state index in [0.29, 0.717) is 18.5 Å². The van der Waals surface area contributed by atoms with Gasteiger partial charge < -0.3 is 10.6 Å². The third kappa shape index (κ3) is 3.37. The minimum absolute atomic E-state index is 0.123. The molecule has 4 heteroatoms. The fourth-order valence-corrected chi connectivity index (χ4v) is 2.85. The highest BCUT2D eigenvalue weighted by Crippen LogP contribution is 2.32. The van der Waals surface area contributed by atoms with Gasteiger partial charge in [-0.05, 0) is 50.4 Å². The zero-order valence-electron chi connectivity index (χ0n) is 12.0. The summed E-state index contributed by atoms with van der Waals surface area (Å²) in [4.78, 5) is 12.4. The largest absolute Gasteiger partial charge is 0.355 e. The molecule has 0 aliphatic carbocycles. The average Bonchev–Trinajstić information content (AvgIpc) is 2.49. The molecule has 1 aliphatic rings. The zero-order chi connectivity index (χ0) is 14.4. The number of carbonyl (C=O) groups is 1. The Balaban J connectivity index is 1.87. The van der Waals surface area contributed by atoms with Gasteiger partial charge in [-0.1, -0.05) is 25.1 Å². The summed E-state index contributed by atoms with van der Waals surface area (Å²) >= 11 is 0. The molecule has 0 unspecified atom stereocenters. The molecular formula is C16H23FN2O. The average molecular weight is 278 g/mol. The molecule has 0 radical (unpaired) electrons. The van der Waals surface area contributed by atoms with Crippen LogP contribution >= 0.6 is 0 Å². The van der Waals surface area contributed by atoms with Crippen LogP contribution in [0.25, 0.3) is 0 Å². The number of piperidine rings is 1. The van der Waals surface area contributed by atoms with Crippen molar-refractivity contribution >= 4 is 5.91 Å². The lowest BCUT2D eigenvalue weighted by molar-refractivity contribution is -0.132. The molecule has 1 aromatic carbocycles. The van der Waals surface area contributed by atoms with Crippen molar-refractivity contribution < 1.29 is 9.18 Å². The topological polar surface area (TPSA) is 41.1 Å². The maximum absolute atomic E-state index is 13.5. The Labute approximate surface area is 120 Å². The van der Waals surface area contributed by atoms with Gasteiger partial charge in [0.25, 0.3) is 0 Å². The molecule has 20 heavy (non-hydrogen) atoms. The van der Waals surface area contributed by atoms with Gasteiger partial charge in [0.1, 0.15) is 5.82 Å². The first kappa shape index (κ1) is 15.0. The number of hydrogen-bond donors (Lipinski definition) is 2. The van der Waals surface area contributed by atoms with Gasteiger partial charge in [0, 0.05) is 6.54 Å². The highest BCUT2D eigenvalue weighted by atomic mass is 19.1. The van der Waals surface area contributed by atoms with Crippen molar-refractivity contribution in [1.82, 2.24) is 10.6 Å². The predicted octanol–water partition coefficient (Wildman–Crippen LogP) is 2.26. The van der Waals surface area contributed by atoms with Crippen molar-refractivity contribution in [3.63, 3.8) is 0 Å². The number of benzene rings is 1. The van der Waals surface area contributed by atoms with Gasteiger partial charge in [-0.3, -0.25) is 4.79 Å². The summed E-state index contributed by atoms with van der Waals surface area (Å²) in [6.07, 6.45) is 3.17. The SMILES string of the molecule is CCC1(C(=O)NCCc2ccccc2F)CCNCC1. The van der Waals surface area contributed by atoms with E-state index >= 15 is 0 Å². The third-order valence-corrected chi connectivity index (χ3v) is 4.36. The first-order valence-electron chi connectivity index (χ1n) is 7.40. The van der Waals surface area contributed by atoms with Gasteiger partial charge in [0.05, 0.1) is 5.41 Å². The molecule has 1 amide bonds. The van der Waals surface area contributed by atoms with E-state index in [0.717, 1.165) is 32.4 Å². The Hall–Kier alpha value is -1.42. The monoisotopic (exact) mass is 278 g/mol. The molecule has 1 aliphatic heterocycles. The molecule has 0 spiro atoms. The lowest BCUT2D eigenvalue weighted by Crippen LogP contribution is -2.47. The Kier molecular flexibility index (Phi) is 5.12. The fraction of sp³-hybridized carbons (Fsp3) is 0.562. The number of amides is 1. The highest BCUT2D eigenvalue weighted by molar-refractivity contribution is 5.82. The van der Waals surface area contributed by atoms with Crippen LogP contribution in [0.15, 0.2) is 24.3 Å². The molecule has 0 saturated carbocycles. The van der Waals surface area contributed by atoms with Crippen molar-refractivity contribution in [3.05, 3.63) is 35.6 Å². The van der Waals surface area contributed by atoms with Crippen LogP contribution in [0.1, 0.15) is 31.7 Å². The third-order valence-electron chi connectivity index (χ3n) is 4.36. The molecule has 1 fully saturated rings. The van der Waals surface area contributed by atoms with E-state index in [-0.39, 0.29) is 17.1 Å². The van der Waals surface area contributed by atoms with Crippen LogP contribution < -0.4 is 10.6 Å². The van der Waals surface area contributed by atoms with Gasteiger partial charge in [0.15, 0.2) is 0 Å². The summed E-state index contributed by atoms with van der Waals surface area (Å²) in [5.41, 5.74) is 0.421. The minimum atomic E-state index is -0.236. The maximum atomic E-state index is 13.5. The van der Waals surface area contributed by atoms with E-state index in [1.165, 1.54) is 6.07 Å². The Morgan fingerprint density at radius 2 is 2.05 bits per heavy atom. The van der Waals surface area contributed by atoms with Crippen molar-refractivity contribution in [2.75, 3.05) is 19.6 Å². The predicted molar refractivity (Wildman–Crippen MR) is 77.9 cm³/mol. The van der Waals surface area contributed by atoms with E-state index < -0.39 is 0 Å². The van der Waals surface area contributed by atoms with Crippen molar-refractivity contribution in [1.29, 1.82) is 0 Å². The zero-order valence-corrected chi connectivity index (χ0v) is 12.0. The molecule has 110 valence electrons. The van der Waals surface area contributed by atoms with E-state index in [1.54, 1.807) is 12.1 Å². The van der Waals surface area contributed by atoms with Crippen LogP contribution in [-0.2, 0) is 11.2 Å². The number of carbonyl (C=O) groups excluding carboxylic acids is 1. The number of halogens is 1. The minimum Gasteiger partial charge on any atom is -0.355 e. The van der Waals surface area contributed by atoms with Gasteiger partial charge in [0.2, 0.25) is 5.91 Å². The van der Waals surface area contributed by atoms with E-state index in [4.69, 9.17) is 0 Å². The second-order valence-electron chi connectivity index (χ2n) is 5.48. The number of rotatable bonds is 5. The van der Waals surface area contributed by atoms with Gasteiger partial charge in [-0.15, -0.1) is 0 Å². The van der Waals surface area contributed by atoms with E-state index in [9.17, 15) is 9.18 Å². The summed E-state index contributed by atoms with van der Waals surface area (Å²) in [5.74, 6) is -0.0772. The van der Waals surface area contributed by atoms with Gasteiger partial charge in [-0.2, -0.15) is 0 Å². The molecule has 3 nitrogen and oxygen atoms in total. The highest BCUT2D eigenvalue weighted by Gasteiger charge is 2.37. The summed E-state index contributed by atoms with van der Waals surface area (Å²) < 4.78 is 13.5. The van der Waals surface area contributed by atoms with Crippen LogP contribution in [0.4, 0.5) is 4.39 Å². The smallest absolute Gasteiger partial charge is 0.226 e. The molecule has 2 rings (SSSR count). The van der Waals surface area contributed by atoms with Crippen molar-refractivity contribution in [3.8, 4) is 0 Å². The molecule has 1 heterocycles. The molecule has 1 aromatic rings. The van der Waals surface area contributed by atoms with Crippen molar-refractivity contribution in [2.24, 2.45) is 5.41 Å². The van der Waals surface area contributed by atoms with E-state index in [1.807, 2.05) is 6.07 Å². The molecule has 2 N–H and O–H groups in total. The van der Waals surface area contributed by atoms with Crippen LogP contribution in [0.5, 0.6) is 0 Å². The number of nitrogens with one attached hydrogen (secondary N) is 2. The summed E-state index contributed by atoms with van der Waals surface area (Å²) in [6, 6.07) is 6.72. The van der Waals surface area contributed by atoms with Crippen LogP contribution in [0, 0.1) is 11.2 Å². The van der Waals surface area contributed by atoms with Crippen LogP contribution in [-0.4, -0.2) is 25.5 Å². The van der Waals surface area contributed by atoms with Crippen LogP contribution in [0.2, 0.25) is 0 Å². The Bertz CT molecular complexity index is 456. The molecular weight excluding hydrogens is 255 g/mol. The van der Waals surface area contributed by atoms with Crippen molar-refractivity contribution in [2.45, 2.75) is 32.6 Å². The second-order valence-corrected chi connectivity index (χ2v) is 5.48. The second kappa shape index (κ2) is 6.84. The number of hydrogen-bond acceptors (Lipinski definition) is 2. The maximum Gasteiger partial charge on any atom is 0.226 e. The van der Waals surface area contributed by atoms with E-state index in [2.05, 4.69) is 17.6 Å². The van der Waals surface area contributed by atoms with Crippen LogP contribution in [0.3, 0.4) is 0 Å². The fourth-order valence-electron chi connectivity index (χ4n) is 2.85. The standard InChI is InChI=1S/C16H23FN2O/c1-2-16(8-11-18-12-9-16)15(20)19-10-7-13-5-3-4-6-14(13)17/h3-6,18H,2,7-12H2,1H3,(H,19,20). The Morgan fingerprint density at radius 3 is 2.70 bits per heavy atom. The molecule has 0 aromatic heterocycles. The molecule has 0 bridgehead atoms. The first-order chi connectivity index (χ1) is 9.68. The Morgan fingerprint density at radius 1 is 1.35 bits per heavy atom. The lowest BCUT2D eigenvalue weighted by atomic mass is 9.76. The van der Waals surface area contributed by atoms with Gasteiger partial charge >= 0.3 is 0 Å². The molecule has 1 saturated heterocycles. The molecule has 0 atom stereocenters. The summed E-state index contributed by atoms with van der Waals surface area (Å²) in [7, 11) is 0. The quantitative estimate of drug-likeness (QED) is 0.867. The summed E-state index contributed by atoms with van der Waals surface area (Å²) in [6.45, 7) is 4.36. The van der Waals surface area contributed by atoms with Gasteiger partial charge in [-0.25, -0.2) is 4.39 Å². The lowest BCUT2D eigenvalue weighted by Gasteiger charge is -2.35. The summed E-state index contributed by atoms with van der Waals surface area (Å²) in [5, 5.41) is 6.27. The first-order valence-corrected chi connectivity index (χ1v) is 7.40.